The Morgan fingerprint density at radius 2 is 1.96 bits per heavy atom. The molecule has 0 saturated heterocycles. The molecule has 0 amide bonds. The van der Waals surface area contributed by atoms with E-state index in [1.807, 2.05) is 0 Å². The third-order valence-corrected chi connectivity index (χ3v) is 6.32. The van der Waals surface area contributed by atoms with Gasteiger partial charge in [0.15, 0.2) is 12.3 Å². The average molecular weight is 409 g/mol. The summed E-state index contributed by atoms with van der Waals surface area (Å²) in [5, 5.41) is 8.00. The molecule has 0 radical (unpaired) electrons. The molecule has 9 heteroatoms. The van der Waals surface area contributed by atoms with Gasteiger partial charge < -0.3 is 10.1 Å². The quantitative estimate of drug-likeness (QED) is 0.548. The molecular weight excluding hydrogens is 387 g/mol. The normalized spacial score (nSPS) is 14.9. The first-order chi connectivity index (χ1) is 13.2. The van der Waals surface area contributed by atoms with Gasteiger partial charge in [-0.3, -0.25) is 4.79 Å². The van der Waals surface area contributed by atoms with Gasteiger partial charge in [-0.15, -0.1) is 13.1 Å². The topological polar surface area (TPSA) is 69.0 Å². The zero-order valence-corrected chi connectivity index (χ0v) is 16.7. The summed E-state index contributed by atoms with van der Waals surface area (Å²) in [6.07, 6.45) is 6.89. The van der Waals surface area contributed by atoms with Crippen molar-refractivity contribution in [1.29, 1.82) is 0 Å². The van der Waals surface area contributed by atoms with Crippen LogP contribution in [0.25, 0.3) is 0 Å². The number of fused-ring (bicyclic) bond motifs is 2. The van der Waals surface area contributed by atoms with Crippen LogP contribution in [-0.4, -0.2) is 33.0 Å². The molecule has 1 aromatic heterocycles. The van der Waals surface area contributed by atoms with Crippen molar-refractivity contribution in [3.8, 4) is 0 Å². The lowest BCUT2D eigenvalue weighted by Gasteiger charge is -2.16. The first-order valence-corrected chi connectivity index (χ1v) is 10.7. The Labute approximate surface area is 166 Å². The van der Waals surface area contributed by atoms with Crippen LogP contribution in [-0.2, 0) is 35.2 Å². The molecule has 1 heterocycles. The summed E-state index contributed by atoms with van der Waals surface area (Å²) in [5.41, 5.74) is 6.60. The predicted octanol–water partition coefficient (Wildman–Crippen LogP) is 4.04. The SMILES string of the molecule is COC(=O)CCSc1nc(Nc2c3c(cc4c2CCC4)CCC3)n(SF)n1. The number of carbonyl (C=O) groups is 1. The number of nitrogens with zero attached hydrogens (tertiary/aromatic N) is 3. The number of halogens is 1. The van der Waals surface area contributed by atoms with Crippen molar-refractivity contribution in [2.45, 2.75) is 50.1 Å². The Morgan fingerprint density at radius 3 is 2.59 bits per heavy atom. The van der Waals surface area contributed by atoms with Gasteiger partial charge >= 0.3 is 5.97 Å². The van der Waals surface area contributed by atoms with Crippen LogP contribution >= 0.6 is 24.1 Å². The van der Waals surface area contributed by atoms with Gasteiger partial charge in [-0.2, -0.15) is 4.98 Å². The molecule has 2 aliphatic rings. The summed E-state index contributed by atoms with van der Waals surface area (Å²) < 4.78 is 19.2. The summed E-state index contributed by atoms with van der Waals surface area (Å²) in [6.45, 7) is 0. The number of hydrogen-bond acceptors (Lipinski definition) is 7. The zero-order chi connectivity index (χ0) is 18.8. The van der Waals surface area contributed by atoms with Crippen molar-refractivity contribution in [2.75, 3.05) is 18.2 Å². The Balaban J connectivity index is 1.57. The first-order valence-electron chi connectivity index (χ1n) is 9.09. The van der Waals surface area contributed by atoms with E-state index in [4.69, 9.17) is 0 Å². The molecule has 0 saturated carbocycles. The van der Waals surface area contributed by atoms with Crippen molar-refractivity contribution in [3.63, 3.8) is 0 Å². The van der Waals surface area contributed by atoms with Gasteiger partial charge in [0.2, 0.25) is 11.1 Å². The van der Waals surface area contributed by atoms with Crippen LogP contribution in [0.5, 0.6) is 0 Å². The van der Waals surface area contributed by atoms with Crippen molar-refractivity contribution in [2.24, 2.45) is 0 Å². The molecule has 2 aliphatic carbocycles. The second-order valence-electron chi connectivity index (χ2n) is 6.69. The number of thioether (sulfide) groups is 1. The van der Waals surface area contributed by atoms with E-state index in [2.05, 4.69) is 26.2 Å². The van der Waals surface area contributed by atoms with Crippen molar-refractivity contribution < 1.29 is 13.4 Å². The molecule has 1 aromatic carbocycles. The van der Waals surface area contributed by atoms with Gasteiger partial charge in [0.05, 0.1) is 13.5 Å². The number of carbonyl (C=O) groups excluding carboxylic acids is 1. The monoisotopic (exact) mass is 408 g/mol. The van der Waals surface area contributed by atoms with E-state index >= 15 is 0 Å². The minimum atomic E-state index is -0.282. The van der Waals surface area contributed by atoms with Gasteiger partial charge in [-0.25, -0.2) is 0 Å². The average Bonchev–Trinajstić information content (AvgIpc) is 3.40. The van der Waals surface area contributed by atoms with E-state index in [9.17, 15) is 8.68 Å². The summed E-state index contributed by atoms with van der Waals surface area (Å²) in [7, 11) is 1.36. The summed E-state index contributed by atoms with van der Waals surface area (Å²) in [4.78, 5) is 15.7. The second-order valence-corrected chi connectivity index (χ2v) is 8.24. The second kappa shape index (κ2) is 8.10. The smallest absolute Gasteiger partial charge is 0.306 e. The van der Waals surface area contributed by atoms with Crippen LogP contribution in [0.15, 0.2) is 11.2 Å². The maximum Gasteiger partial charge on any atom is 0.306 e. The largest absolute Gasteiger partial charge is 0.469 e. The standard InChI is InChI=1S/C18H21FN4O2S2/c1-25-15(24)8-9-26-18-21-17(23(22-18)27-19)20-16-13-6-2-4-11(13)10-12-5-3-7-14(12)16/h10H,2-9H2,1H3,(H,20,21,22). The highest BCUT2D eigenvalue weighted by Gasteiger charge is 2.25. The van der Waals surface area contributed by atoms with E-state index < -0.39 is 0 Å². The fraction of sp³-hybridized carbons (Fsp3) is 0.500. The molecule has 6 nitrogen and oxygen atoms in total. The molecule has 0 fully saturated rings. The molecule has 0 aliphatic heterocycles. The molecule has 0 bridgehead atoms. The van der Waals surface area contributed by atoms with Gasteiger partial charge in [0.25, 0.3) is 0 Å². The first kappa shape index (κ1) is 18.6. The minimum Gasteiger partial charge on any atom is -0.469 e. The van der Waals surface area contributed by atoms with E-state index in [1.54, 1.807) is 0 Å². The lowest BCUT2D eigenvalue weighted by Crippen LogP contribution is -2.05. The number of rotatable bonds is 7. The Bertz CT molecular complexity index is 839. The van der Waals surface area contributed by atoms with E-state index in [0.29, 0.717) is 16.9 Å². The molecule has 4 rings (SSSR count). The van der Waals surface area contributed by atoms with Crippen molar-refractivity contribution in [3.05, 3.63) is 28.3 Å². The maximum absolute atomic E-state index is 13.4. The zero-order valence-electron chi connectivity index (χ0n) is 15.1. The summed E-state index contributed by atoms with van der Waals surface area (Å²) >= 11 is 1.33. The van der Waals surface area contributed by atoms with Gasteiger partial charge in [-0.05, 0) is 60.8 Å². The maximum atomic E-state index is 13.4. The lowest BCUT2D eigenvalue weighted by atomic mass is 9.99. The summed E-state index contributed by atoms with van der Waals surface area (Å²) in [6, 6.07) is 2.36. The van der Waals surface area contributed by atoms with Crippen molar-refractivity contribution >= 4 is 41.7 Å². The highest BCUT2D eigenvalue weighted by Crippen LogP contribution is 2.40. The van der Waals surface area contributed by atoms with E-state index in [-0.39, 0.29) is 24.7 Å². The lowest BCUT2D eigenvalue weighted by molar-refractivity contribution is -0.140. The van der Waals surface area contributed by atoms with E-state index in [1.165, 1.54) is 41.1 Å². The summed E-state index contributed by atoms with van der Waals surface area (Å²) in [5.74, 6) is 0.594. The van der Waals surface area contributed by atoms with Crippen LogP contribution < -0.4 is 5.32 Å². The number of methoxy groups -OCH3 is 1. The van der Waals surface area contributed by atoms with Crippen LogP contribution in [0, 0.1) is 0 Å². The number of nitrogens with one attached hydrogen (secondary N) is 1. The van der Waals surface area contributed by atoms with Gasteiger partial charge in [0.1, 0.15) is 0 Å². The third-order valence-electron chi connectivity index (χ3n) is 5.10. The molecule has 1 N–H and O–H groups in total. The molecule has 144 valence electrons. The minimum absolute atomic E-state index is 0.0219. The van der Waals surface area contributed by atoms with Crippen molar-refractivity contribution in [1.82, 2.24) is 14.2 Å². The fourth-order valence-corrected chi connectivity index (χ4v) is 4.93. The van der Waals surface area contributed by atoms with Gasteiger partial charge in [-0.1, -0.05) is 17.8 Å². The van der Waals surface area contributed by atoms with Crippen LogP contribution in [0.3, 0.4) is 0 Å². The Morgan fingerprint density at radius 1 is 1.26 bits per heavy atom. The number of ether oxygens (including phenoxy) is 1. The fourth-order valence-electron chi connectivity index (χ4n) is 3.87. The number of aromatic nitrogens is 3. The predicted molar refractivity (Wildman–Crippen MR) is 105 cm³/mol. The molecule has 0 atom stereocenters. The Hall–Kier alpha value is -1.74. The van der Waals surface area contributed by atoms with Crippen LogP contribution in [0.1, 0.15) is 41.5 Å². The number of anilines is 2. The number of aryl methyl sites for hydroxylation is 2. The highest BCUT2D eigenvalue weighted by atomic mass is 32.2. The van der Waals surface area contributed by atoms with Crippen LogP contribution in [0.4, 0.5) is 15.5 Å². The Kier molecular flexibility index (Phi) is 5.58. The van der Waals surface area contributed by atoms with Gasteiger partial charge in [0, 0.05) is 11.4 Å². The number of esters is 1. The van der Waals surface area contributed by atoms with Crippen LogP contribution in [0.2, 0.25) is 0 Å². The molecule has 0 unspecified atom stereocenters. The third kappa shape index (κ3) is 3.80. The number of benzene rings is 1. The molecule has 0 spiro atoms. The number of hydrogen-bond donors (Lipinski definition) is 1. The van der Waals surface area contributed by atoms with E-state index in [0.717, 1.165) is 48.3 Å². The molecule has 27 heavy (non-hydrogen) atoms. The molecular formula is C18H21FN4O2S2. The highest BCUT2D eigenvalue weighted by molar-refractivity contribution is 7.99. The molecule has 2 aromatic rings.